The first-order valence-electron chi connectivity index (χ1n) is 6.15. The second-order valence-corrected chi connectivity index (χ2v) is 4.11. The topological polar surface area (TPSA) is 51.2 Å². The summed E-state index contributed by atoms with van der Waals surface area (Å²) >= 11 is 0. The van der Waals surface area contributed by atoms with Crippen molar-refractivity contribution in [3.63, 3.8) is 0 Å². The van der Waals surface area contributed by atoms with E-state index in [2.05, 4.69) is 10.3 Å². The Bertz CT molecular complexity index is 514. The van der Waals surface area contributed by atoms with Gasteiger partial charge in [-0.1, -0.05) is 24.3 Å². The number of ether oxygens (including phenoxy) is 1. The van der Waals surface area contributed by atoms with Gasteiger partial charge in [0.1, 0.15) is 5.75 Å². The van der Waals surface area contributed by atoms with Gasteiger partial charge in [0.05, 0.1) is 12.2 Å². The van der Waals surface area contributed by atoms with Gasteiger partial charge >= 0.3 is 0 Å². The molecule has 4 nitrogen and oxygen atoms in total. The number of nitrogens with one attached hydrogen (secondary N) is 1. The summed E-state index contributed by atoms with van der Waals surface area (Å²) in [6.07, 6.45) is 1.16. The van der Waals surface area contributed by atoms with E-state index in [0.29, 0.717) is 12.3 Å². The van der Waals surface area contributed by atoms with Crippen LogP contribution in [-0.4, -0.2) is 17.0 Å². The van der Waals surface area contributed by atoms with Gasteiger partial charge in [-0.3, -0.25) is 9.78 Å². The van der Waals surface area contributed by atoms with Crippen molar-refractivity contribution >= 4 is 5.91 Å². The first kappa shape index (κ1) is 13.1. The molecule has 0 unspecified atom stereocenters. The maximum absolute atomic E-state index is 11.9. The number of rotatable bonds is 5. The van der Waals surface area contributed by atoms with Crippen molar-refractivity contribution in [2.24, 2.45) is 0 Å². The van der Waals surface area contributed by atoms with E-state index in [-0.39, 0.29) is 5.91 Å². The van der Waals surface area contributed by atoms with Crippen LogP contribution in [0, 0.1) is 0 Å². The van der Waals surface area contributed by atoms with Gasteiger partial charge in [0, 0.05) is 6.20 Å². The zero-order valence-electron chi connectivity index (χ0n) is 10.7. The van der Waals surface area contributed by atoms with E-state index in [9.17, 15) is 4.79 Å². The standard InChI is InChI=1S/C15H16N2O2/c1-12(19-14-8-3-2-4-9-14)15(18)17-11-13-7-5-6-10-16-13/h2-10,12H,11H2,1H3,(H,17,18)/t12-/m0/s1. The summed E-state index contributed by atoms with van der Waals surface area (Å²) in [5.74, 6) is 0.525. The molecular weight excluding hydrogens is 240 g/mol. The summed E-state index contributed by atoms with van der Waals surface area (Å²) in [7, 11) is 0. The fraction of sp³-hybridized carbons (Fsp3) is 0.200. The van der Waals surface area contributed by atoms with E-state index in [1.54, 1.807) is 13.1 Å². The quantitative estimate of drug-likeness (QED) is 0.892. The summed E-state index contributed by atoms with van der Waals surface area (Å²) in [6, 6.07) is 14.9. The van der Waals surface area contributed by atoms with Gasteiger partial charge in [-0.2, -0.15) is 0 Å². The highest BCUT2D eigenvalue weighted by molar-refractivity contribution is 5.80. The molecule has 4 heteroatoms. The lowest BCUT2D eigenvalue weighted by molar-refractivity contribution is -0.127. The van der Waals surface area contributed by atoms with E-state index in [1.165, 1.54) is 0 Å². The van der Waals surface area contributed by atoms with Crippen LogP contribution in [0.2, 0.25) is 0 Å². The number of amides is 1. The Morgan fingerprint density at radius 1 is 1.21 bits per heavy atom. The van der Waals surface area contributed by atoms with Crippen LogP contribution in [0.1, 0.15) is 12.6 Å². The van der Waals surface area contributed by atoms with E-state index in [4.69, 9.17) is 4.74 Å². The van der Waals surface area contributed by atoms with Gasteiger partial charge in [0.15, 0.2) is 6.10 Å². The van der Waals surface area contributed by atoms with E-state index in [0.717, 1.165) is 5.69 Å². The second-order valence-electron chi connectivity index (χ2n) is 4.11. The maximum atomic E-state index is 11.9. The monoisotopic (exact) mass is 256 g/mol. The van der Waals surface area contributed by atoms with Crippen molar-refractivity contribution in [1.29, 1.82) is 0 Å². The lowest BCUT2D eigenvalue weighted by atomic mass is 10.3. The number of benzene rings is 1. The number of nitrogens with zero attached hydrogens (tertiary/aromatic N) is 1. The van der Waals surface area contributed by atoms with Crippen molar-refractivity contribution < 1.29 is 9.53 Å². The first-order valence-corrected chi connectivity index (χ1v) is 6.15. The van der Waals surface area contributed by atoms with Gasteiger partial charge in [-0.15, -0.1) is 0 Å². The molecule has 0 spiro atoms. The van der Waals surface area contributed by atoms with Crippen LogP contribution in [0.4, 0.5) is 0 Å². The summed E-state index contributed by atoms with van der Waals surface area (Å²) in [5.41, 5.74) is 0.822. The van der Waals surface area contributed by atoms with Crippen LogP contribution in [0.15, 0.2) is 54.7 Å². The molecule has 1 amide bonds. The minimum absolute atomic E-state index is 0.158. The van der Waals surface area contributed by atoms with Crippen LogP contribution in [-0.2, 0) is 11.3 Å². The number of hydrogen-bond donors (Lipinski definition) is 1. The number of pyridine rings is 1. The molecule has 0 fully saturated rings. The molecule has 0 aliphatic heterocycles. The maximum Gasteiger partial charge on any atom is 0.261 e. The number of para-hydroxylation sites is 1. The average molecular weight is 256 g/mol. The Balaban J connectivity index is 1.83. The first-order chi connectivity index (χ1) is 9.25. The molecular formula is C15H16N2O2. The molecule has 2 rings (SSSR count). The molecule has 1 aromatic carbocycles. The minimum atomic E-state index is -0.536. The van der Waals surface area contributed by atoms with Crippen LogP contribution in [0.3, 0.4) is 0 Å². The van der Waals surface area contributed by atoms with Gasteiger partial charge in [0.25, 0.3) is 5.91 Å². The molecule has 19 heavy (non-hydrogen) atoms. The molecule has 0 aliphatic rings. The van der Waals surface area contributed by atoms with E-state index in [1.807, 2.05) is 48.5 Å². The zero-order chi connectivity index (χ0) is 13.5. The van der Waals surface area contributed by atoms with Crippen molar-refractivity contribution in [2.75, 3.05) is 0 Å². The summed E-state index contributed by atoms with van der Waals surface area (Å²) < 4.78 is 5.53. The van der Waals surface area contributed by atoms with Gasteiger partial charge < -0.3 is 10.1 Å². The molecule has 0 radical (unpaired) electrons. The van der Waals surface area contributed by atoms with E-state index >= 15 is 0 Å². The van der Waals surface area contributed by atoms with Gasteiger partial charge in [-0.05, 0) is 31.2 Å². The number of carbonyl (C=O) groups excluding carboxylic acids is 1. The van der Waals surface area contributed by atoms with Crippen LogP contribution >= 0.6 is 0 Å². The predicted octanol–water partition coefficient (Wildman–Crippen LogP) is 2.17. The molecule has 0 aliphatic carbocycles. The number of aromatic nitrogens is 1. The second kappa shape index (κ2) is 6.54. The van der Waals surface area contributed by atoms with Crippen LogP contribution in [0.25, 0.3) is 0 Å². The Labute approximate surface area is 112 Å². The van der Waals surface area contributed by atoms with Crippen molar-refractivity contribution in [2.45, 2.75) is 19.6 Å². The molecule has 1 heterocycles. The Morgan fingerprint density at radius 3 is 2.63 bits per heavy atom. The number of carbonyl (C=O) groups is 1. The molecule has 2 aromatic rings. The Hall–Kier alpha value is -2.36. The summed E-state index contributed by atoms with van der Waals surface area (Å²) in [6.45, 7) is 2.13. The Morgan fingerprint density at radius 2 is 1.95 bits per heavy atom. The third kappa shape index (κ3) is 4.10. The van der Waals surface area contributed by atoms with Crippen LogP contribution < -0.4 is 10.1 Å². The third-order valence-corrected chi connectivity index (χ3v) is 2.60. The van der Waals surface area contributed by atoms with Gasteiger partial charge in [-0.25, -0.2) is 0 Å². The van der Waals surface area contributed by atoms with Crippen molar-refractivity contribution in [3.8, 4) is 5.75 Å². The lowest BCUT2D eigenvalue weighted by Crippen LogP contribution is -2.36. The van der Waals surface area contributed by atoms with Crippen molar-refractivity contribution in [1.82, 2.24) is 10.3 Å². The highest BCUT2D eigenvalue weighted by atomic mass is 16.5. The molecule has 1 aromatic heterocycles. The lowest BCUT2D eigenvalue weighted by Gasteiger charge is -2.14. The smallest absolute Gasteiger partial charge is 0.261 e. The molecule has 1 N–H and O–H groups in total. The molecule has 98 valence electrons. The van der Waals surface area contributed by atoms with E-state index < -0.39 is 6.10 Å². The molecule has 0 saturated heterocycles. The van der Waals surface area contributed by atoms with Gasteiger partial charge in [0.2, 0.25) is 0 Å². The minimum Gasteiger partial charge on any atom is -0.481 e. The largest absolute Gasteiger partial charge is 0.481 e. The third-order valence-electron chi connectivity index (χ3n) is 2.60. The summed E-state index contributed by atoms with van der Waals surface area (Å²) in [4.78, 5) is 16.0. The highest BCUT2D eigenvalue weighted by Crippen LogP contribution is 2.10. The highest BCUT2D eigenvalue weighted by Gasteiger charge is 2.13. The fourth-order valence-corrected chi connectivity index (χ4v) is 1.58. The molecule has 1 atom stereocenters. The van der Waals surface area contributed by atoms with Crippen molar-refractivity contribution in [3.05, 3.63) is 60.4 Å². The average Bonchev–Trinajstić information content (AvgIpc) is 2.47. The fourth-order valence-electron chi connectivity index (χ4n) is 1.58. The Kier molecular flexibility index (Phi) is 4.50. The summed E-state index contributed by atoms with van der Waals surface area (Å²) in [5, 5.41) is 2.79. The SMILES string of the molecule is C[C@H](Oc1ccccc1)C(=O)NCc1ccccn1. The molecule has 0 bridgehead atoms. The molecule has 0 saturated carbocycles. The normalized spacial score (nSPS) is 11.6. The number of hydrogen-bond acceptors (Lipinski definition) is 3. The van der Waals surface area contributed by atoms with Crippen LogP contribution in [0.5, 0.6) is 5.75 Å². The predicted molar refractivity (Wildman–Crippen MR) is 72.6 cm³/mol. The zero-order valence-corrected chi connectivity index (χ0v) is 10.7.